The molecule has 110 valence electrons. The van der Waals surface area contributed by atoms with E-state index in [1.165, 1.54) is 0 Å². The zero-order chi connectivity index (χ0) is 14.5. The molecule has 0 spiro atoms. The number of hydrogen-bond donors (Lipinski definition) is 1. The molecule has 1 N–H and O–H groups in total. The Morgan fingerprint density at radius 1 is 1.45 bits per heavy atom. The average Bonchev–Trinajstić information content (AvgIpc) is 2.48. The van der Waals surface area contributed by atoms with Gasteiger partial charge in [0.25, 0.3) is 5.91 Å². The van der Waals surface area contributed by atoms with Crippen LogP contribution in [0.1, 0.15) is 10.4 Å². The predicted molar refractivity (Wildman–Crippen MR) is 90.4 cm³/mol. The number of hydrogen-bond acceptors (Lipinski definition) is 3. The molecule has 0 bridgehead atoms. The average molecular weight is 408 g/mol. The first-order chi connectivity index (χ1) is 9.58. The summed E-state index contributed by atoms with van der Waals surface area (Å²) in [6.07, 6.45) is 0. The van der Waals surface area contributed by atoms with E-state index in [-0.39, 0.29) is 5.91 Å². The van der Waals surface area contributed by atoms with E-state index in [0.717, 1.165) is 42.8 Å². The lowest BCUT2D eigenvalue weighted by molar-refractivity contribution is 0.0775. The second kappa shape index (κ2) is 7.59. The van der Waals surface area contributed by atoms with Gasteiger partial charge in [-0.3, -0.25) is 9.69 Å². The van der Waals surface area contributed by atoms with Crippen molar-refractivity contribution in [3.05, 3.63) is 32.4 Å². The molecule has 0 aromatic heterocycles. The highest BCUT2D eigenvalue weighted by Crippen LogP contribution is 2.20. The van der Waals surface area contributed by atoms with Crippen LogP contribution in [0.25, 0.3) is 0 Å². The summed E-state index contributed by atoms with van der Waals surface area (Å²) in [7, 11) is 1.84. The van der Waals surface area contributed by atoms with Gasteiger partial charge < -0.3 is 10.2 Å². The number of carbonyl (C=O) groups excluding carboxylic acids is 1. The van der Waals surface area contributed by atoms with Gasteiger partial charge in [-0.1, -0.05) is 11.6 Å². The summed E-state index contributed by atoms with van der Waals surface area (Å²) in [5.74, 6) is 0.0263. The summed E-state index contributed by atoms with van der Waals surface area (Å²) < 4.78 is 0.962. The van der Waals surface area contributed by atoms with Gasteiger partial charge in [0.1, 0.15) is 0 Å². The molecule has 6 heteroatoms. The zero-order valence-electron chi connectivity index (χ0n) is 11.5. The molecule has 0 unspecified atom stereocenters. The first-order valence-electron chi connectivity index (χ1n) is 6.71. The lowest BCUT2D eigenvalue weighted by Gasteiger charge is -2.29. The standard InChI is InChI=1S/C14H19ClIN3O/c1-18(8-9-19-6-4-17-5-7-19)14(20)11-2-3-13(16)12(15)10-11/h2-3,10,17H,4-9H2,1H3. The summed E-state index contributed by atoms with van der Waals surface area (Å²) in [4.78, 5) is 16.5. The highest BCUT2D eigenvalue weighted by Gasteiger charge is 2.15. The Morgan fingerprint density at radius 3 is 2.80 bits per heavy atom. The van der Waals surface area contributed by atoms with Crippen molar-refractivity contribution in [2.45, 2.75) is 0 Å². The van der Waals surface area contributed by atoms with Gasteiger partial charge >= 0.3 is 0 Å². The van der Waals surface area contributed by atoms with E-state index in [1.54, 1.807) is 11.0 Å². The molecule has 0 saturated carbocycles. The third-order valence-corrected chi connectivity index (χ3v) is 5.05. The maximum absolute atomic E-state index is 12.3. The molecule has 0 atom stereocenters. The lowest BCUT2D eigenvalue weighted by atomic mass is 10.2. The molecule has 1 aliphatic rings. The minimum atomic E-state index is 0.0263. The van der Waals surface area contributed by atoms with Crippen molar-refractivity contribution in [2.75, 3.05) is 46.3 Å². The molecule has 0 aliphatic carbocycles. The third-order valence-electron chi connectivity index (χ3n) is 3.47. The largest absolute Gasteiger partial charge is 0.340 e. The third kappa shape index (κ3) is 4.31. The molecular formula is C14H19ClIN3O. The molecule has 1 saturated heterocycles. The van der Waals surface area contributed by atoms with Gasteiger partial charge in [-0.15, -0.1) is 0 Å². The summed E-state index contributed by atoms with van der Waals surface area (Å²) in [5, 5.41) is 3.96. The van der Waals surface area contributed by atoms with Gasteiger partial charge in [-0.2, -0.15) is 0 Å². The highest BCUT2D eigenvalue weighted by atomic mass is 127. The topological polar surface area (TPSA) is 35.6 Å². The number of halogens is 2. The maximum Gasteiger partial charge on any atom is 0.253 e. The fourth-order valence-corrected chi connectivity index (χ4v) is 2.69. The molecule has 1 amide bonds. The molecule has 2 rings (SSSR count). The molecule has 0 radical (unpaired) electrons. The van der Waals surface area contributed by atoms with Crippen molar-refractivity contribution in [3.63, 3.8) is 0 Å². The fourth-order valence-electron chi connectivity index (χ4n) is 2.18. The number of nitrogens with zero attached hydrogens (tertiary/aromatic N) is 2. The van der Waals surface area contributed by atoms with Crippen LogP contribution in [0.4, 0.5) is 0 Å². The second-order valence-electron chi connectivity index (χ2n) is 4.95. The normalized spacial score (nSPS) is 16.1. The Hall–Kier alpha value is -0.370. The van der Waals surface area contributed by atoms with Crippen LogP contribution in [0, 0.1) is 3.57 Å². The van der Waals surface area contributed by atoms with Crippen LogP contribution >= 0.6 is 34.2 Å². The number of amides is 1. The number of rotatable bonds is 4. The summed E-state index contributed by atoms with van der Waals surface area (Å²) in [5.41, 5.74) is 0.651. The lowest BCUT2D eigenvalue weighted by Crippen LogP contribution is -2.46. The van der Waals surface area contributed by atoms with E-state index in [0.29, 0.717) is 10.6 Å². The van der Waals surface area contributed by atoms with Gasteiger partial charge in [0.2, 0.25) is 0 Å². The van der Waals surface area contributed by atoms with Crippen LogP contribution in [0.3, 0.4) is 0 Å². The molecule has 1 aliphatic heterocycles. The van der Waals surface area contributed by atoms with E-state index in [2.05, 4.69) is 32.8 Å². The van der Waals surface area contributed by atoms with Crippen LogP contribution in [-0.4, -0.2) is 62.0 Å². The van der Waals surface area contributed by atoms with E-state index in [1.807, 2.05) is 19.2 Å². The smallest absolute Gasteiger partial charge is 0.253 e. The minimum Gasteiger partial charge on any atom is -0.340 e. The van der Waals surface area contributed by atoms with Crippen molar-refractivity contribution in [1.29, 1.82) is 0 Å². The highest BCUT2D eigenvalue weighted by molar-refractivity contribution is 14.1. The van der Waals surface area contributed by atoms with E-state index in [4.69, 9.17) is 11.6 Å². The predicted octanol–water partition coefficient (Wildman–Crippen LogP) is 1.92. The molecule has 4 nitrogen and oxygen atoms in total. The fraction of sp³-hybridized carbons (Fsp3) is 0.500. The van der Waals surface area contributed by atoms with Crippen LogP contribution in [0.15, 0.2) is 18.2 Å². The molecule has 1 fully saturated rings. The molecule has 1 heterocycles. The number of carbonyl (C=O) groups is 1. The van der Waals surface area contributed by atoms with Crippen molar-refractivity contribution in [2.24, 2.45) is 0 Å². The van der Waals surface area contributed by atoms with Crippen molar-refractivity contribution >= 4 is 40.1 Å². The molecular weight excluding hydrogens is 389 g/mol. The van der Waals surface area contributed by atoms with Crippen LogP contribution < -0.4 is 5.32 Å². The number of nitrogens with one attached hydrogen (secondary N) is 1. The summed E-state index contributed by atoms with van der Waals surface area (Å²) in [6, 6.07) is 5.45. The van der Waals surface area contributed by atoms with E-state index < -0.39 is 0 Å². The number of benzene rings is 1. The summed E-state index contributed by atoms with van der Waals surface area (Å²) >= 11 is 8.23. The number of piperazine rings is 1. The van der Waals surface area contributed by atoms with Crippen molar-refractivity contribution in [1.82, 2.24) is 15.1 Å². The van der Waals surface area contributed by atoms with Gasteiger partial charge in [0, 0.05) is 55.4 Å². The second-order valence-corrected chi connectivity index (χ2v) is 6.52. The monoisotopic (exact) mass is 407 g/mol. The van der Waals surface area contributed by atoms with Gasteiger partial charge in [0.05, 0.1) is 5.02 Å². The van der Waals surface area contributed by atoms with Crippen molar-refractivity contribution in [3.8, 4) is 0 Å². The Bertz CT molecular complexity index is 477. The Balaban J connectivity index is 1.89. The molecule has 20 heavy (non-hydrogen) atoms. The first kappa shape index (κ1) is 16.0. The number of likely N-dealkylation sites (N-methyl/N-ethyl adjacent to an activating group) is 1. The van der Waals surface area contributed by atoms with E-state index in [9.17, 15) is 4.79 Å². The zero-order valence-corrected chi connectivity index (χ0v) is 14.4. The first-order valence-corrected chi connectivity index (χ1v) is 8.17. The minimum absolute atomic E-state index is 0.0263. The van der Waals surface area contributed by atoms with Crippen molar-refractivity contribution < 1.29 is 4.79 Å². The van der Waals surface area contributed by atoms with Crippen LogP contribution in [0.5, 0.6) is 0 Å². The van der Waals surface area contributed by atoms with Crippen LogP contribution in [-0.2, 0) is 0 Å². The summed E-state index contributed by atoms with van der Waals surface area (Å²) in [6.45, 7) is 5.83. The quantitative estimate of drug-likeness (QED) is 0.775. The van der Waals surface area contributed by atoms with E-state index >= 15 is 0 Å². The molecule has 1 aromatic carbocycles. The van der Waals surface area contributed by atoms with Gasteiger partial charge in [-0.05, 0) is 40.8 Å². The molecule has 1 aromatic rings. The SMILES string of the molecule is CN(CCN1CCNCC1)C(=O)c1ccc(I)c(Cl)c1. The maximum atomic E-state index is 12.3. The Labute approximate surface area is 138 Å². The van der Waals surface area contributed by atoms with Gasteiger partial charge in [-0.25, -0.2) is 0 Å². The van der Waals surface area contributed by atoms with Gasteiger partial charge in [0.15, 0.2) is 0 Å². The Kier molecular flexibility index (Phi) is 6.07. The van der Waals surface area contributed by atoms with Crippen LogP contribution in [0.2, 0.25) is 5.02 Å². The Morgan fingerprint density at radius 2 is 2.15 bits per heavy atom.